The van der Waals surface area contributed by atoms with Crippen molar-refractivity contribution in [2.24, 2.45) is 10.9 Å². The molecule has 1 amide bonds. The van der Waals surface area contributed by atoms with Crippen LogP contribution < -0.4 is 16.2 Å². The second-order valence-corrected chi connectivity index (χ2v) is 15.4. The molecule has 20 heteroatoms. The molecular formula is C31H32F10N6O3S. The molecule has 1 saturated carbocycles. The number of nitrogens with one attached hydrogen (secondary N) is 3. The first-order chi connectivity index (χ1) is 23.2. The Labute approximate surface area is 285 Å². The van der Waals surface area contributed by atoms with E-state index in [1.165, 1.54) is 20.8 Å². The minimum Gasteiger partial charge on any atom is -0.346 e. The molecule has 0 spiro atoms. The number of hydrogen-bond acceptors (Lipinski definition) is 7. The highest BCUT2D eigenvalue weighted by atomic mass is 32.2. The Balaban J connectivity index is 1.70. The fourth-order valence-corrected chi connectivity index (χ4v) is 5.57. The van der Waals surface area contributed by atoms with E-state index in [2.05, 4.69) is 39.3 Å². The molecule has 0 radical (unpaired) electrons. The van der Waals surface area contributed by atoms with E-state index in [1.807, 2.05) is 5.43 Å². The number of aromatic nitrogens is 2. The lowest BCUT2D eigenvalue weighted by atomic mass is 10.0. The minimum atomic E-state index is -5.10. The first-order valence-corrected chi connectivity index (χ1v) is 17.0. The van der Waals surface area contributed by atoms with Crippen molar-refractivity contribution < 1.29 is 57.1 Å². The molecule has 1 fully saturated rings. The van der Waals surface area contributed by atoms with Crippen LogP contribution in [0.5, 0.6) is 0 Å². The van der Waals surface area contributed by atoms with Crippen LogP contribution in [0.3, 0.4) is 0 Å². The largest absolute Gasteiger partial charge is 0.435 e. The van der Waals surface area contributed by atoms with E-state index < -0.39 is 111 Å². The first-order valence-electron chi connectivity index (χ1n) is 15.1. The van der Waals surface area contributed by atoms with Gasteiger partial charge in [0, 0.05) is 23.8 Å². The number of hydrogen-bond donors (Lipinski definition) is 3. The summed E-state index contributed by atoms with van der Waals surface area (Å²) in [5.41, 5.74) is 0.141. The fourth-order valence-electron chi connectivity index (χ4n) is 5.33. The summed E-state index contributed by atoms with van der Waals surface area (Å²) < 4.78 is 161. The van der Waals surface area contributed by atoms with E-state index in [0.29, 0.717) is 6.07 Å². The van der Waals surface area contributed by atoms with Crippen molar-refractivity contribution in [2.75, 3.05) is 12.8 Å². The predicted molar refractivity (Wildman–Crippen MR) is 164 cm³/mol. The van der Waals surface area contributed by atoms with Crippen LogP contribution in [0.15, 0.2) is 35.5 Å². The Morgan fingerprint density at radius 2 is 1.75 bits per heavy atom. The van der Waals surface area contributed by atoms with Gasteiger partial charge in [-0.15, -0.1) is 0 Å². The van der Waals surface area contributed by atoms with Crippen molar-refractivity contribution in [3.8, 4) is 11.8 Å². The van der Waals surface area contributed by atoms with Gasteiger partial charge in [0.1, 0.15) is 40.9 Å². The molecule has 4 atom stereocenters. The smallest absolute Gasteiger partial charge is 0.346 e. The monoisotopic (exact) mass is 758 g/mol. The second kappa shape index (κ2) is 13.9. The average Bonchev–Trinajstić information content (AvgIpc) is 3.60. The van der Waals surface area contributed by atoms with Gasteiger partial charge in [0.2, 0.25) is 5.91 Å². The number of rotatable bonds is 12. The van der Waals surface area contributed by atoms with Crippen molar-refractivity contribution in [3.05, 3.63) is 64.6 Å². The summed E-state index contributed by atoms with van der Waals surface area (Å²) >= 11 is 0. The maximum Gasteiger partial charge on any atom is 0.435 e. The molecule has 4 rings (SSSR count). The Hall–Kier alpha value is -3.96. The van der Waals surface area contributed by atoms with Gasteiger partial charge in [-0.25, -0.2) is 33.0 Å². The lowest BCUT2D eigenvalue weighted by Crippen LogP contribution is -2.47. The SMILES string of the molecule is C=C(N=C(C#CC(C)(C)S(C)(=O)=O)C(C)NNCC(F)(F)F)[C@H](Cc1cc(F)cc(F)c1)NC(=O)Cn1nc(C(F)(F)F)c2c1C(F)(F)[C@@H]1C[C@H]21. The predicted octanol–water partition coefficient (Wildman–Crippen LogP) is 4.94. The maximum atomic E-state index is 15.1. The number of alkyl halides is 8. The molecule has 1 unspecified atom stereocenters. The molecule has 1 heterocycles. The topological polar surface area (TPSA) is 117 Å². The Morgan fingerprint density at radius 1 is 1.14 bits per heavy atom. The zero-order chi connectivity index (χ0) is 38.5. The average molecular weight is 759 g/mol. The molecule has 1 aromatic heterocycles. The van der Waals surface area contributed by atoms with E-state index in [9.17, 15) is 48.3 Å². The molecule has 3 N–H and O–H groups in total. The molecule has 0 saturated heterocycles. The quantitative estimate of drug-likeness (QED) is 0.122. The number of carbonyl (C=O) groups excluding carboxylic acids is 1. The molecule has 2 aliphatic rings. The minimum absolute atomic E-state index is 0.0935. The third-order valence-corrected chi connectivity index (χ3v) is 10.2. The van der Waals surface area contributed by atoms with Crippen molar-refractivity contribution in [3.63, 3.8) is 0 Å². The number of carbonyl (C=O) groups is 1. The third kappa shape index (κ3) is 9.29. The third-order valence-electron chi connectivity index (χ3n) is 8.29. The van der Waals surface area contributed by atoms with Crippen LogP contribution in [0, 0.1) is 29.4 Å². The zero-order valence-corrected chi connectivity index (χ0v) is 28.1. The highest BCUT2D eigenvalue weighted by Gasteiger charge is 2.68. The number of benzene rings is 1. The number of sulfone groups is 1. The molecule has 0 bridgehead atoms. The van der Waals surface area contributed by atoms with Gasteiger partial charge in [-0.2, -0.15) is 40.2 Å². The van der Waals surface area contributed by atoms with Gasteiger partial charge in [-0.05, 0) is 63.1 Å². The van der Waals surface area contributed by atoms with Crippen LogP contribution in [0.1, 0.15) is 55.6 Å². The Kier molecular flexibility index (Phi) is 10.8. The van der Waals surface area contributed by atoms with E-state index in [0.717, 1.165) is 18.4 Å². The molecule has 2 aliphatic carbocycles. The van der Waals surface area contributed by atoms with Crippen molar-refractivity contribution in [1.29, 1.82) is 0 Å². The van der Waals surface area contributed by atoms with Crippen LogP contribution in [-0.4, -0.2) is 65.6 Å². The highest BCUT2D eigenvalue weighted by molar-refractivity contribution is 7.92. The van der Waals surface area contributed by atoms with Gasteiger partial charge in [0.05, 0.1) is 17.8 Å². The van der Waals surface area contributed by atoms with Gasteiger partial charge in [0.15, 0.2) is 15.5 Å². The van der Waals surface area contributed by atoms with Gasteiger partial charge in [0.25, 0.3) is 5.92 Å². The van der Waals surface area contributed by atoms with Crippen LogP contribution in [0.4, 0.5) is 43.9 Å². The zero-order valence-electron chi connectivity index (χ0n) is 27.3. The van der Waals surface area contributed by atoms with Crippen LogP contribution in [0.25, 0.3) is 0 Å². The number of amides is 1. The molecular weight excluding hydrogens is 726 g/mol. The lowest BCUT2D eigenvalue weighted by Gasteiger charge is -2.22. The summed E-state index contributed by atoms with van der Waals surface area (Å²) in [6.07, 6.45) is -9.53. The summed E-state index contributed by atoms with van der Waals surface area (Å²) in [7, 11) is -3.82. The van der Waals surface area contributed by atoms with Gasteiger partial charge in [-0.1, -0.05) is 12.5 Å². The molecule has 280 valence electrons. The van der Waals surface area contributed by atoms with Gasteiger partial charge in [-0.3, -0.25) is 9.48 Å². The second-order valence-electron chi connectivity index (χ2n) is 12.8. The summed E-state index contributed by atoms with van der Waals surface area (Å²) in [6, 6.07) is -0.376. The van der Waals surface area contributed by atoms with E-state index in [1.54, 1.807) is 0 Å². The summed E-state index contributed by atoms with van der Waals surface area (Å²) in [6.45, 7) is 4.85. The van der Waals surface area contributed by atoms with Crippen molar-refractivity contribution in [1.82, 2.24) is 25.9 Å². The number of fused-ring (bicyclic) bond motifs is 3. The normalized spacial score (nSPS) is 19.8. The van der Waals surface area contributed by atoms with Crippen LogP contribution >= 0.6 is 0 Å². The van der Waals surface area contributed by atoms with E-state index in [4.69, 9.17) is 0 Å². The number of aliphatic imine (C=N–C) groups is 1. The van der Waals surface area contributed by atoms with Crippen molar-refractivity contribution >= 4 is 21.5 Å². The van der Waals surface area contributed by atoms with Gasteiger partial charge >= 0.3 is 12.4 Å². The highest BCUT2D eigenvalue weighted by Crippen LogP contribution is 2.68. The fraction of sp³-hybridized carbons (Fsp3) is 0.516. The maximum absolute atomic E-state index is 15.1. The first kappa shape index (κ1) is 39.8. The summed E-state index contributed by atoms with van der Waals surface area (Å²) in [4.78, 5) is 17.5. The number of nitrogens with zero attached hydrogens (tertiary/aromatic N) is 3. The van der Waals surface area contributed by atoms with Gasteiger partial charge < -0.3 is 5.32 Å². The Morgan fingerprint density at radius 3 is 2.29 bits per heavy atom. The van der Waals surface area contributed by atoms with E-state index >= 15 is 8.78 Å². The Bertz CT molecular complexity index is 1890. The number of halogens is 10. The molecule has 51 heavy (non-hydrogen) atoms. The van der Waals surface area contributed by atoms with E-state index in [-0.39, 0.29) is 28.1 Å². The number of hydrazine groups is 1. The lowest BCUT2D eigenvalue weighted by molar-refractivity contribution is -0.142. The molecule has 1 aromatic carbocycles. The molecule has 0 aliphatic heterocycles. The molecule has 2 aromatic rings. The summed E-state index contributed by atoms with van der Waals surface area (Å²) in [5, 5.41) is 5.64. The van der Waals surface area contributed by atoms with Crippen molar-refractivity contribution in [2.45, 2.75) is 81.2 Å². The standard InChI is InChI=1S/C31H32F10N6O3S/c1-15(43-22(6-7-28(3,4)51(5,49)50)16(2)45-42-14-29(34,35)36)23(10-17-8-18(32)11-19(33)9-17)44-24(48)13-47-27-25(26(46-47)31(39,40)41)20-12-21(20)30(27,37)38/h8-9,11,16,20-21,23,42,45H,1,10,12-14H2,2-5H3,(H,44,48)/t16?,20-,21+,23-/m0/s1. The summed E-state index contributed by atoms with van der Waals surface area (Å²) in [5.74, 6) is -4.47. The van der Waals surface area contributed by atoms with Crippen LogP contribution in [0.2, 0.25) is 0 Å². The molecule has 9 nitrogen and oxygen atoms in total. The van der Waals surface area contributed by atoms with Crippen LogP contribution in [-0.2, 0) is 39.7 Å².